The minimum absolute atomic E-state index is 0.0815. The second-order valence-electron chi connectivity index (χ2n) is 4.21. The van der Waals surface area contributed by atoms with Crippen LogP contribution in [0.4, 0.5) is 18.0 Å². The standard InChI is InChI=1S/C10H17F3N2O2/c1-2-14-8(16)15-6-3-4-9(17,5-7-15)10(11,12)13/h17H,2-7H2,1H3,(H,14,16). The summed E-state index contributed by atoms with van der Waals surface area (Å²) in [5.41, 5.74) is -2.66. The summed E-state index contributed by atoms with van der Waals surface area (Å²) >= 11 is 0. The summed E-state index contributed by atoms with van der Waals surface area (Å²) in [5.74, 6) is 0. The molecule has 17 heavy (non-hydrogen) atoms. The zero-order valence-electron chi connectivity index (χ0n) is 9.68. The van der Waals surface area contributed by atoms with Gasteiger partial charge in [0.25, 0.3) is 0 Å². The number of aliphatic hydroxyl groups is 1. The maximum absolute atomic E-state index is 12.6. The maximum atomic E-state index is 12.6. The fraction of sp³-hybridized carbons (Fsp3) is 0.900. The van der Waals surface area contributed by atoms with Gasteiger partial charge >= 0.3 is 12.2 Å². The van der Waals surface area contributed by atoms with E-state index in [9.17, 15) is 23.1 Å². The molecule has 0 aliphatic carbocycles. The Bertz CT molecular complexity index is 283. The summed E-state index contributed by atoms with van der Waals surface area (Å²) in [7, 11) is 0. The normalized spacial score (nSPS) is 26.5. The number of hydrogen-bond acceptors (Lipinski definition) is 2. The van der Waals surface area contributed by atoms with Gasteiger partial charge in [-0.25, -0.2) is 4.79 Å². The van der Waals surface area contributed by atoms with Crippen molar-refractivity contribution in [2.75, 3.05) is 19.6 Å². The molecule has 0 spiro atoms. The molecule has 1 rings (SSSR count). The Labute approximate surface area is 97.8 Å². The smallest absolute Gasteiger partial charge is 0.380 e. The van der Waals surface area contributed by atoms with E-state index in [4.69, 9.17) is 0 Å². The maximum Gasteiger partial charge on any atom is 0.417 e. The number of alkyl halides is 3. The van der Waals surface area contributed by atoms with Crippen LogP contribution in [0, 0.1) is 0 Å². The highest BCUT2D eigenvalue weighted by atomic mass is 19.4. The van der Waals surface area contributed by atoms with E-state index < -0.39 is 18.2 Å². The summed E-state index contributed by atoms with van der Waals surface area (Å²) in [6, 6.07) is -0.376. The predicted octanol–water partition coefficient (Wildman–Crippen LogP) is 1.50. The summed E-state index contributed by atoms with van der Waals surface area (Å²) < 4.78 is 37.8. The third-order valence-corrected chi connectivity index (χ3v) is 2.96. The second kappa shape index (κ2) is 5.12. The first-order chi connectivity index (χ1) is 7.80. The number of halogens is 3. The van der Waals surface area contributed by atoms with Gasteiger partial charge in [0.2, 0.25) is 0 Å². The SMILES string of the molecule is CCNC(=O)N1CCCC(O)(C(F)(F)F)CC1. The number of likely N-dealkylation sites (tertiary alicyclic amines) is 1. The number of amides is 2. The molecule has 1 aliphatic heterocycles. The van der Waals surface area contributed by atoms with Gasteiger partial charge in [0.05, 0.1) is 0 Å². The Kier molecular flexibility index (Phi) is 4.24. The van der Waals surface area contributed by atoms with Gasteiger partial charge in [-0.1, -0.05) is 0 Å². The van der Waals surface area contributed by atoms with Crippen molar-refractivity contribution in [1.29, 1.82) is 0 Å². The number of nitrogens with one attached hydrogen (secondary N) is 1. The van der Waals surface area contributed by atoms with Crippen molar-refractivity contribution >= 4 is 6.03 Å². The second-order valence-corrected chi connectivity index (χ2v) is 4.21. The molecule has 0 radical (unpaired) electrons. The molecule has 1 unspecified atom stereocenters. The van der Waals surface area contributed by atoms with Crippen LogP contribution in [0.1, 0.15) is 26.2 Å². The number of nitrogens with zero attached hydrogens (tertiary/aromatic N) is 1. The number of hydrogen-bond donors (Lipinski definition) is 2. The fourth-order valence-corrected chi connectivity index (χ4v) is 1.87. The van der Waals surface area contributed by atoms with Crippen LogP contribution in [0.2, 0.25) is 0 Å². The number of carbonyl (C=O) groups excluding carboxylic acids is 1. The van der Waals surface area contributed by atoms with Gasteiger partial charge in [-0.15, -0.1) is 0 Å². The molecule has 0 saturated carbocycles. The molecule has 0 aromatic heterocycles. The van der Waals surface area contributed by atoms with Gasteiger partial charge in [-0.3, -0.25) is 0 Å². The highest BCUT2D eigenvalue weighted by molar-refractivity contribution is 5.74. The molecule has 100 valence electrons. The van der Waals surface area contributed by atoms with E-state index in [0.29, 0.717) is 6.54 Å². The number of carbonyl (C=O) groups is 1. The van der Waals surface area contributed by atoms with Crippen LogP contribution >= 0.6 is 0 Å². The van der Waals surface area contributed by atoms with Crippen molar-refractivity contribution in [2.45, 2.75) is 38.0 Å². The quantitative estimate of drug-likeness (QED) is 0.745. The predicted molar refractivity (Wildman–Crippen MR) is 55.5 cm³/mol. The van der Waals surface area contributed by atoms with Crippen molar-refractivity contribution in [1.82, 2.24) is 10.2 Å². The first-order valence-corrected chi connectivity index (χ1v) is 5.62. The van der Waals surface area contributed by atoms with Crippen LogP contribution in [0.3, 0.4) is 0 Å². The zero-order valence-corrected chi connectivity index (χ0v) is 9.68. The molecular formula is C10H17F3N2O2. The summed E-state index contributed by atoms with van der Waals surface area (Å²) in [4.78, 5) is 12.8. The van der Waals surface area contributed by atoms with Gasteiger partial charge in [0, 0.05) is 26.1 Å². The summed E-state index contributed by atoms with van der Waals surface area (Å²) in [6.07, 6.45) is -5.31. The molecule has 1 saturated heterocycles. The fourth-order valence-electron chi connectivity index (χ4n) is 1.87. The molecule has 1 fully saturated rings. The Morgan fingerprint density at radius 1 is 1.41 bits per heavy atom. The third kappa shape index (κ3) is 3.24. The Morgan fingerprint density at radius 2 is 2.06 bits per heavy atom. The summed E-state index contributed by atoms with van der Waals surface area (Å²) in [6.45, 7) is 2.33. The van der Waals surface area contributed by atoms with Crippen molar-refractivity contribution in [2.24, 2.45) is 0 Å². The lowest BCUT2D eigenvalue weighted by molar-refractivity contribution is -0.263. The highest BCUT2D eigenvalue weighted by Crippen LogP contribution is 2.38. The molecule has 1 heterocycles. The van der Waals surface area contributed by atoms with Crippen molar-refractivity contribution in [3.63, 3.8) is 0 Å². The summed E-state index contributed by atoms with van der Waals surface area (Å²) in [5, 5.41) is 12.1. The van der Waals surface area contributed by atoms with Crippen molar-refractivity contribution in [3.8, 4) is 0 Å². The van der Waals surface area contributed by atoms with E-state index >= 15 is 0 Å². The first-order valence-electron chi connectivity index (χ1n) is 5.62. The number of urea groups is 1. The van der Waals surface area contributed by atoms with Crippen molar-refractivity contribution < 1.29 is 23.1 Å². The lowest BCUT2D eigenvalue weighted by Gasteiger charge is -2.29. The number of rotatable bonds is 1. The molecule has 4 nitrogen and oxygen atoms in total. The van der Waals surface area contributed by atoms with Gasteiger partial charge in [-0.05, 0) is 19.8 Å². The van der Waals surface area contributed by atoms with Gasteiger partial charge in [0.15, 0.2) is 5.60 Å². The molecule has 1 aliphatic rings. The van der Waals surface area contributed by atoms with Crippen LogP contribution in [0.5, 0.6) is 0 Å². The van der Waals surface area contributed by atoms with Crippen LogP contribution in [0.15, 0.2) is 0 Å². The van der Waals surface area contributed by atoms with E-state index in [2.05, 4.69) is 5.32 Å². The van der Waals surface area contributed by atoms with E-state index in [1.807, 2.05) is 0 Å². The minimum Gasteiger partial charge on any atom is -0.380 e. The van der Waals surface area contributed by atoms with Gasteiger partial charge < -0.3 is 15.3 Å². The largest absolute Gasteiger partial charge is 0.417 e. The average molecular weight is 254 g/mol. The monoisotopic (exact) mass is 254 g/mol. The first kappa shape index (κ1) is 14.1. The zero-order chi connectivity index (χ0) is 13.1. The lowest BCUT2D eigenvalue weighted by atomic mass is 9.94. The molecule has 1 atom stereocenters. The van der Waals surface area contributed by atoms with E-state index in [0.717, 1.165) is 0 Å². The van der Waals surface area contributed by atoms with Crippen molar-refractivity contribution in [3.05, 3.63) is 0 Å². The van der Waals surface area contributed by atoms with E-state index in [-0.39, 0.29) is 32.0 Å². The average Bonchev–Trinajstić information content (AvgIpc) is 2.40. The van der Waals surface area contributed by atoms with Crippen LogP contribution in [-0.4, -0.2) is 47.4 Å². The van der Waals surface area contributed by atoms with Gasteiger partial charge in [0.1, 0.15) is 0 Å². The molecular weight excluding hydrogens is 237 g/mol. The van der Waals surface area contributed by atoms with Crippen LogP contribution in [0.25, 0.3) is 0 Å². The Morgan fingerprint density at radius 3 is 2.59 bits per heavy atom. The van der Waals surface area contributed by atoms with Gasteiger partial charge in [-0.2, -0.15) is 13.2 Å². The highest BCUT2D eigenvalue weighted by Gasteiger charge is 2.53. The Balaban J connectivity index is 2.64. The molecule has 0 aromatic carbocycles. The van der Waals surface area contributed by atoms with E-state index in [1.165, 1.54) is 4.90 Å². The lowest BCUT2D eigenvalue weighted by Crippen LogP contribution is -2.46. The Hall–Kier alpha value is -0.980. The minimum atomic E-state index is -4.63. The molecule has 2 amide bonds. The topological polar surface area (TPSA) is 52.6 Å². The van der Waals surface area contributed by atoms with Crippen LogP contribution in [-0.2, 0) is 0 Å². The molecule has 0 bridgehead atoms. The molecule has 2 N–H and O–H groups in total. The molecule has 0 aromatic rings. The third-order valence-electron chi connectivity index (χ3n) is 2.96. The van der Waals surface area contributed by atoms with E-state index in [1.54, 1.807) is 6.92 Å². The van der Waals surface area contributed by atoms with Crippen LogP contribution < -0.4 is 5.32 Å². The molecule has 7 heteroatoms.